The average molecular weight is 349 g/mol. The van der Waals surface area contributed by atoms with E-state index < -0.39 is 16.0 Å². The van der Waals surface area contributed by atoms with Gasteiger partial charge in [-0.15, -0.1) is 0 Å². The molecule has 0 aliphatic carbocycles. The molecule has 0 fully saturated rings. The summed E-state index contributed by atoms with van der Waals surface area (Å²) in [5, 5.41) is 2.66. The van der Waals surface area contributed by atoms with Crippen molar-refractivity contribution >= 4 is 33.2 Å². The first kappa shape index (κ1) is 16.3. The van der Waals surface area contributed by atoms with Crippen molar-refractivity contribution in [2.75, 3.05) is 28.0 Å². The lowest BCUT2D eigenvalue weighted by Crippen LogP contribution is -2.32. The van der Waals surface area contributed by atoms with Crippen molar-refractivity contribution in [1.29, 1.82) is 0 Å². The van der Waals surface area contributed by atoms with E-state index in [4.69, 9.17) is 0 Å². The first-order chi connectivity index (χ1) is 11.3. The third-order valence-corrected chi connectivity index (χ3v) is 5.72. The van der Waals surface area contributed by atoms with Gasteiger partial charge in [-0.3, -0.25) is 13.4 Å². The van der Waals surface area contributed by atoms with Crippen LogP contribution < -0.4 is 13.9 Å². The van der Waals surface area contributed by atoms with Gasteiger partial charge in [0.25, 0.3) is 0 Å². The fourth-order valence-corrected chi connectivity index (χ4v) is 3.74. The average Bonchev–Trinajstić information content (AvgIpc) is 2.71. The zero-order valence-corrected chi connectivity index (χ0v) is 14.0. The Morgan fingerprint density at radius 1 is 1.08 bits per heavy atom. The van der Waals surface area contributed by atoms with Gasteiger partial charge in [-0.1, -0.05) is 18.2 Å². The third-order valence-electron chi connectivity index (χ3n) is 3.94. The predicted octanol–water partition coefficient (Wildman–Crippen LogP) is 2.14. The van der Waals surface area contributed by atoms with Crippen LogP contribution in [0.4, 0.5) is 21.5 Å². The number of carbonyl (C=O) groups excluding carboxylic acids is 1. The van der Waals surface area contributed by atoms with Crippen molar-refractivity contribution < 1.29 is 17.6 Å². The highest BCUT2D eigenvalue weighted by atomic mass is 32.2. The molecule has 0 bridgehead atoms. The summed E-state index contributed by atoms with van der Waals surface area (Å²) in [6, 6.07) is 10.9. The lowest BCUT2D eigenvalue weighted by atomic mass is 10.1. The monoisotopic (exact) mass is 349 g/mol. The van der Waals surface area contributed by atoms with E-state index in [0.29, 0.717) is 22.6 Å². The Morgan fingerprint density at radius 3 is 2.46 bits per heavy atom. The van der Waals surface area contributed by atoms with Gasteiger partial charge in [0.1, 0.15) is 5.82 Å². The normalized spacial score (nSPS) is 15.3. The highest BCUT2D eigenvalue weighted by Crippen LogP contribution is 2.40. The van der Waals surface area contributed by atoms with Crippen LogP contribution in [0.15, 0.2) is 42.5 Å². The maximum absolute atomic E-state index is 13.6. The molecule has 1 heterocycles. The molecule has 0 saturated heterocycles. The minimum Gasteiger partial charge on any atom is -0.326 e. The number of anilines is 3. The highest BCUT2D eigenvalue weighted by Gasteiger charge is 2.35. The number of hydrogen-bond donors (Lipinski definition) is 1. The topological polar surface area (TPSA) is 69.7 Å². The van der Waals surface area contributed by atoms with Crippen molar-refractivity contribution in [3.8, 4) is 0 Å². The molecule has 24 heavy (non-hydrogen) atoms. The summed E-state index contributed by atoms with van der Waals surface area (Å²) in [7, 11) is -0.644. The lowest BCUT2D eigenvalue weighted by Gasteiger charge is -2.13. The molecular weight excluding hydrogens is 333 g/mol. The van der Waals surface area contributed by atoms with Crippen LogP contribution in [0.25, 0.3) is 0 Å². The van der Waals surface area contributed by atoms with Gasteiger partial charge in [-0.25, -0.2) is 4.39 Å². The van der Waals surface area contributed by atoms with E-state index in [-0.39, 0.29) is 12.3 Å². The third kappa shape index (κ3) is 2.69. The second kappa shape index (κ2) is 5.79. The van der Waals surface area contributed by atoms with Crippen LogP contribution in [0.2, 0.25) is 0 Å². The number of nitrogens with zero attached hydrogens (tertiary/aromatic N) is 2. The van der Waals surface area contributed by atoms with Gasteiger partial charge >= 0.3 is 10.2 Å². The van der Waals surface area contributed by atoms with Gasteiger partial charge in [0.15, 0.2) is 0 Å². The van der Waals surface area contributed by atoms with Crippen LogP contribution in [0.3, 0.4) is 0 Å². The van der Waals surface area contributed by atoms with E-state index in [0.717, 1.165) is 4.31 Å². The first-order valence-electron chi connectivity index (χ1n) is 7.21. The zero-order valence-electron chi connectivity index (χ0n) is 13.2. The lowest BCUT2D eigenvalue weighted by molar-refractivity contribution is -0.115. The fraction of sp³-hybridized carbons (Fsp3) is 0.188. The summed E-state index contributed by atoms with van der Waals surface area (Å²) in [5.41, 5.74) is 1.76. The molecule has 0 radical (unpaired) electrons. The Kier molecular flexibility index (Phi) is 3.92. The second-order valence-electron chi connectivity index (χ2n) is 5.46. The minimum atomic E-state index is -3.56. The molecule has 1 aliphatic rings. The molecule has 2 aromatic rings. The van der Waals surface area contributed by atoms with E-state index in [2.05, 4.69) is 5.32 Å². The van der Waals surface area contributed by atoms with Gasteiger partial charge in [0, 0.05) is 19.8 Å². The van der Waals surface area contributed by atoms with Gasteiger partial charge < -0.3 is 5.32 Å². The Morgan fingerprint density at radius 2 is 1.75 bits per heavy atom. The Hall–Kier alpha value is -2.61. The summed E-state index contributed by atoms with van der Waals surface area (Å²) in [6.45, 7) is 0. The number of nitrogens with one attached hydrogen (secondary N) is 1. The maximum Gasteiger partial charge on any atom is 0.326 e. The molecule has 2 aromatic carbocycles. The summed E-state index contributed by atoms with van der Waals surface area (Å²) >= 11 is 0. The van der Waals surface area contributed by atoms with E-state index in [9.17, 15) is 17.6 Å². The Bertz CT molecular complexity index is 915. The fourth-order valence-electron chi connectivity index (χ4n) is 2.57. The number of fused-ring (bicyclic) bond motifs is 1. The molecule has 3 rings (SSSR count). The van der Waals surface area contributed by atoms with Crippen LogP contribution in [0.1, 0.15) is 5.56 Å². The molecule has 6 nitrogen and oxygen atoms in total. The largest absolute Gasteiger partial charge is 0.326 e. The quantitative estimate of drug-likeness (QED) is 0.923. The molecule has 8 heteroatoms. The van der Waals surface area contributed by atoms with Gasteiger partial charge in [-0.05, 0) is 29.8 Å². The van der Waals surface area contributed by atoms with E-state index in [1.165, 1.54) is 24.5 Å². The molecule has 0 aromatic heterocycles. The van der Waals surface area contributed by atoms with Gasteiger partial charge in [0.05, 0.1) is 17.8 Å². The van der Waals surface area contributed by atoms with E-state index >= 15 is 0 Å². The van der Waals surface area contributed by atoms with Crippen LogP contribution >= 0.6 is 0 Å². The number of hydrogen-bond acceptors (Lipinski definition) is 3. The molecule has 1 N–H and O–H groups in total. The summed E-state index contributed by atoms with van der Waals surface area (Å²) in [6.07, 6.45) is -0.0994. The SMILES string of the molecule is CN1c2ccc(NC(=O)Cc3ccccc3F)cc2N(C)S1(=O)=O. The number of benzene rings is 2. The van der Waals surface area contributed by atoms with E-state index in [1.54, 1.807) is 36.4 Å². The minimum absolute atomic E-state index is 0.0994. The molecule has 1 amide bonds. The highest BCUT2D eigenvalue weighted by molar-refractivity contribution is 7.94. The number of carbonyl (C=O) groups is 1. The van der Waals surface area contributed by atoms with Crippen molar-refractivity contribution in [1.82, 2.24) is 0 Å². The van der Waals surface area contributed by atoms with Gasteiger partial charge in [0.2, 0.25) is 5.91 Å². The van der Waals surface area contributed by atoms with Crippen molar-refractivity contribution in [3.05, 3.63) is 53.8 Å². The molecular formula is C16H16FN3O3S. The van der Waals surface area contributed by atoms with Crippen LogP contribution in [-0.2, 0) is 21.4 Å². The second-order valence-corrected chi connectivity index (χ2v) is 7.45. The Balaban J connectivity index is 1.80. The van der Waals surface area contributed by atoms with Crippen LogP contribution in [0.5, 0.6) is 0 Å². The summed E-state index contributed by atoms with van der Waals surface area (Å²) in [4.78, 5) is 12.1. The number of rotatable bonds is 3. The maximum atomic E-state index is 13.6. The van der Waals surface area contributed by atoms with Crippen molar-refractivity contribution in [2.24, 2.45) is 0 Å². The van der Waals surface area contributed by atoms with Crippen molar-refractivity contribution in [3.63, 3.8) is 0 Å². The van der Waals surface area contributed by atoms with Gasteiger partial charge in [-0.2, -0.15) is 8.42 Å². The van der Waals surface area contributed by atoms with E-state index in [1.807, 2.05) is 0 Å². The number of amides is 1. The first-order valence-corrected chi connectivity index (χ1v) is 8.60. The Labute approximate surface area is 139 Å². The predicted molar refractivity (Wildman–Crippen MR) is 90.9 cm³/mol. The summed E-state index contributed by atoms with van der Waals surface area (Å²) in [5.74, 6) is -0.814. The molecule has 0 saturated carbocycles. The number of halogens is 1. The molecule has 0 atom stereocenters. The van der Waals surface area contributed by atoms with Crippen LogP contribution in [-0.4, -0.2) is 28.4 Å². The molecule has 1 aliphatic heterocycles. The molecule has 0 spiro atoms. The zero-order chi connectivity index (χ0) is 17.5. The smallest absolute Gasteiger partial charge is 0.326 e. The van der Waals surface area contributed by atoms with Crippen LogP contribution in [0, 0.1) is 5.82 Å². The summed E-state index contributed by atoms with van der Waals surface area (Å²) < 4.78 is 40.1. The standard InChI is InChI=1S/C16H16FN3O3S/c1-19-14-8-7-12(10-15(14)20(2)24(19,22)23)18-16(21)9-11-5-3-4-6-13(11)17/h3-8,10H,9H2,1-2H3,(H,18,21). The van der Waals surface area contributed by atoms with Crippen molar-refractivity contribution in [2.45, 2.75) is 6.42 Å². The molecule has 126 valence electrons. The molecule has 0 unspecified atom stereocenters.